The molecular formula is C42H83NO5. The summed E-state index contributed by atoms with van der Waals surface area (Å²) in [4.78, 5) is 15.1. The fourth-order valence-corrected chi connectivity index (χ4v) is 7.30. The number of carbonyl (C=O) groups is 1. The van der Waals surface area contributed by atoms with E-state index < -0.39 is 30.6 Å². The van der Waals surface area contributed by atoms with E-state index >= 15 is 0 Å². The predicted molar refractivity (Wildman–Crippen MR) is 203 cm³/mol. The number of hydrogen-bond donors (Lipinski definition) is 3. The van der Waals surface area contributed by atoms with Gasteiger partial charge in [-0.05, 0) is 19.8 Å². The summed E-state index contributed by atoms with van der Waals surface area (Å²) in [7, 11) is 0. The SMILES string of the molecule is CCCCCCCCCCCCCCCCCCN(C(=O)CCCCCCCCCCCCCCCCC)C1O[C@@H](C)[C@H](O)[C@@H](O)[C@H]1O. The van der Waals surface area contributed by atoms with Crippen LogP contribution in [0.15, 0.2) is 0 Å². The molecule has 48 heavy (non-hydrogen) atoms. The molecule has 6 heteroatoms. The number of nitrogens with zero attached hydrogens (tertiary/aromatic N) is 1. The Morgan fingerprint density at radius 2 is 0.771 bits per heavy atom. The van der Waals surface area contributed by atoms with Crippen molar-refractivity contribution in [3.05, 3.63) is 0 Å². The van der Waals surface area contributed by atoms with Crippen molar-refractivity contribution in [2.24, 2.45) is 0 Å². The third-order valence-corrected chi connectivity index (χ3v) is 10.7. The molecule has 1 unspecified atom stereocenters. The number of carbonyl (C=O) groups excluding carboxylic acids is 1. The Morgan fingerprint density at radius 1 is 0.458 bits per heavy atom. The first-order valence-electron chi connectivity index (χ1n) is 21.4. The van der Waals surface area contributed by atoms with Crippen molar-refractivity contribution < 1.29 is 24.9 Å². The molecule has 0 spiro atoms. The van der Waals surface area contributed by atoms with Crippen LogP contribution in [0.4, 0.5) is 0 Å². The second-order valence-corrected chi connectivity index (χ2v) is 15.3. The number of aliphatic hydroxyl groups excluding tert-OH is 3. The highest BCUT2D eigenvalue weighted by atomic mass is 16.5. The van der Waals surface area contributed by atoms with E-state index in [1.54, 1.807) is 11.8 Å². The topological polar surface area (TPSA) is 90.2 Å². The molecule has 0 radical (unpaired) electrons. The number of rotatable bonds is 34. The second kappa shape index (κ2) is 32.2. The van der Waals surface area contributed by atoms with E-state index in [-0.39, 0.29) is 5.91 Å². The van der Waals surface area contributed by atoms with E-state index in [2.05, 4.69) is 13.8 Å². The first kappa shape index (κ1) is 45.3. The van der Waals surface area contributed by atoms with Gasteiger partial charge in [0, 0.05) is 13.0 Å². The van der Waals surface area contributed by atoms with Crippen LogP contribution in [-0.2, 0) is 9.53 Å². The monoisotopic (exact) mass is 682 g/mol. The van der Waals surface area contributed by atoms with Gasteiger partial charge < -0.3 is 25.0 Å². The van der Waals surface area contributed by atoms with Gasteiger partial charge in [0.2, 0.25) is 5.91 Å². The third kappa shape index (κ3) is 22.9. The Bertz CT molecular complexity index is 706. The van der Waals surface area contributed by atoms with Crippen LogP contribution >= 0.6 is 0 Å². The van der Waals surface area contributed by atoms with Crippen LogP contribution in [-0.4, -0.2) is 63.3 Å². The van der Waals surface area contributed by atoms with Crippen molar-refractivity contribution in [2.45, 2.75) is 257 Å². The first-order valence-corrected chi connectivity index (χ1v) is 21.4. The highest BCUT2D eigenvalue weighted by Crippen LogP contribution is 2.25. The van der Waals surface area contributed by atoms with Gasteiger partial charge in [-0.3, -0.25) is 4.79 Å². The molecule has 1 aliphatic heterocycles. The van der Waals surface area contributed by atoms with Crippen LogP contribution in [0.2, 0.25) is 0 Å². The lowest BCUT2D eigenvalue weighted by atomic mass is 9.97. The van der Waals surface area contributed by atoms with Gasteiger partial charge in [0.1, 0.15) is 18.3 Å². The molecular weight excluding hydrogens is 598 g/mol. The molecule has 3 N–H and O–H groups in total. The lowest BCUT2D eigenvalue weighted by molar-refractivity contribution is -0.253. The summed E-state index contributed by atoms with van der Waals surface area (Å²) in [5, 5.41) is 31.4. The van der Waals surface area contributed by atoms with Crippen molar-refractivity contribution in [3.8, 4) is 0 Å². The number of amides is 1. The lowest BCUT2D eigenvalue weighted by Crippen LogP contribution is -2.62. The maximum Gasteiger partial charge on any atom is 0.224 e. The Morgan fingerprint density at radius 3 is 1.12 bits per heavy atom. The van der Waals surface area contributed by atoms with Crippen molar-refractivity contribution in [1.29, 1.82) is 0 Å². The van der Waals surface area contributed by atoms with Gasteiger partial charge in [-0.2, -0.15) is 0 Å². The van der Waals surface area contributed by atoms with Crippen molar-refractivity contribution in [2.75, 3.05) is 6.54 Å². The van der Waals surface area contributed by atoms with E-state index in [4.69, 9.17) is 4.74 Å². The zero-order chi connectivity index (χ0) is 35.1. The summed E-state index contributed by atoms with van der Waals surface area (Å²) >= 11 is 0. The molecule has 5 atom stereocenters. The molecule has 0 aromatic carbocycles. The molecule has 0 aromatic heterocycles. The normalized spacial score (nSPS) is 21.2. The molecule has 0 aliphatic carbocycles. The molecule has 1 heterocycles. The standard InChI is InChI=1S/C42H83NO5/c1-4-6-8-10-12-14-16-18-20-22-24-26-28-30-32-34-36-43(42-41(47)40(46)39(45)37(3)48-42)38(44)35-33-31-29-27-25-23-21-19-17-15-13-11-9-7-5-2/h37,39-42,45-47H,4-36H2,1-3H3/t37-,39-,40+,41+,42?/m0/s1. The molecule has 1 fully saturated rings. The van der Waals surface area contributed by atoms with Crippen molar-refractivity contribution in [1.82, 2.24) is 4.90 Å². The van der Waals surface area contributed by atoms with Gasteiger partial charge in [0.05, 0.1) is 6.10 Å². The van der Waals surface area contributed by atoms with Crippen LogP contribution in [0.25, 0.3) is 0 Å². The summed E-state index contributed by atoms with van der Waals surface area (Å²) in [5.74, 6) is -0.00880. The molecule has 1 saturated heterocycles. The number of unbranched alkanes of at least 4 members (excludes halogenated alkanes) is 29. The fraction of sp³-hybridized carbons (Fsp3) is 0.976. The van der Waals surface area contributed by atoms with Gasteiger partial charge in [0.25, 0.3) is 0 Å². The van der Waals surface area contributed by atoms with E-state index in [9.17, 15) is 20.1 Å². The summed E-state index contributed by atoms with van der Waals surface area (Å²) in [6, 6.07) is 0. The van der Waals surface area contributed by atoms with Crippen LogP contribution in [0.1, 0.15) is 226 Å². The van der Waals surface area contributed by atoms with Gasteiger partial charge in [-0.1, -0.05) is 200 Å². The van der Waals surface area contributed by atoms with Crippen LogP contribution < -0.4 is 0 Å². The van der Waals surface area contributed by atoms with Crippen molar-refractivity contribution in [3.63, 3.8) is 0 Å². The van der Waals surface area contributed by atoms with Crippen LogP contribution in [0.5, 0.6) is 0 Å². The van der Waals surface area contributed by atoms with Crippen molar-refractivity contribution >= 4 is 5.91 Å². The lowest BCUT2D eigenvalue weighted by Gasteiger charge is -2.44. The minimum absolute atomic E-state index is 0.00880. The Hall–Kier alpha value is -0.690. The summed E-state index contributed by atoms with van der Waals surface area (Å²) in [6.07, 6.45) is 35.2. The smallest absolute Gasteiger partial charge is 0.224 e. The highest BCUT2D eigenvalue weighted by molar-refractivity contribution is 5.76. The Kier molecular flexibility index (Phi) is 30.4. The maximum atomic E-state index is 13.4. The molecule has 0 aromatic rings. The zero-order valence-corrected chi connectivity index (χ0v) is 32.3. The number of ether oxygens (including phenoxy) is 1. The number of hydrogen-bond acceptors (Lipinski definition) is 5. The Labute approximate surface area is 298 Å². The predicted octanol–water partition coefficient (Wildman–Crippen LogP) is 11.2. The van der Waals surface area contributed by atoms with E-state index in [1.807, 2.05) is 0 Å². The van der Waals surface area contributed by atoms with E-state index in [0.717, 1.165) is 38.5 Å². The molecule has 1 aliphatic rings. The van der Waals surface area contributed by atoms with Crippen LogP contribution in [0.3, 0.4) is 0 Å². The minimum Gasteiger partial charge on any atom is -0.388 e. The van der Waals surface area contributed by atoms with E-state index in [1.165, 1.54) is 161 Å². The average Bonchev–Trinajstić information content (AvgIpc) is 3.08. The summed E-state index contributed by atoms with van der Waals surface area (Å²) in [6.45, 7) is 6.76. The van der Waals surface area contributed by atoms with Gasteiger partial charge in [0.15, 0.2) is 6.23 Å². The third-order valence-electron chi connectivity index (χ3n) is 10.7. The molecule has 0 saturated carbocycles. The van der Waals surface area contributed by atoms with E-state index in [0.29, 0.717) is 13.0 Å². The van der Waals surface area contributed by atoms with Gasteiger partial charge >= 0.3 is 0 Å². The Balaban J connectivity index is 2.22. The summed E-state index contributed by atoms with van der Waals surface area (Å²) in [5.41, 5.74) is 0. The fourth-order valence-electron chi connectivity index (χ4n) is 7.30. The zero-order valence-electron chi connectivity index (χ0n) is 32.3. The molecule has 1 rings (SSSR count). The minimum atomic E-state index is -1.31. The second-order valence-electron chi connectivity index (χ2n) is 15.3. The first-order chi connectivity index (χ1) is 23.4. The molecule has 0 bridgehead atoms. The molecule has 286 valence electrons. The quantitative estimate of drug-likeness (QED) is 0.0588. The summed E-state index contributed by atoms with van der Waals surface area (Å²) < 4.78 is 5.92. The number of aliphatic hydroxyl groups is 3. The highest BCUT2D eigenvalue weighted by Gasteiger charge is 2.45. The van der Waals surface area contributed by atoms with Gasteiger partial charge in [-0.15, -0.1) is 0 Å². The average molecular weight is 682 g/mol. The van der Waals surface area contributed by atoms with Crippen LogP contribution in [0, 0.1) is 0 Å². The molecule has 6 nitrogen and oxygen atoms in total. The largest absolute Gasteiger partial charge is 0.388 e. The van der Waals surface area contributed by atoms with Gasteiger partial charge in [-0.25, -0.2) is 0 Å². The maximum absolute atomic E-state index is 13.4. The molecule has 1 amide bonds.